The molecule has 136 valence electrons. The van der Waals surface area contributed by atoms with E-state index in [0.29, 0.717) is 24.0 Å². The van der Waals surface area contributed by atoms with Gasteiger partial charge < -0.3 is 5.32 Å². The van der Waals surface area contributed by atoms with Gasteiger partial charge in [-0.2, -0.15) is 0 Å². The molecular formula is C20H30N4O. The van der Waals surface area contributed by atoms with Crippen molar-refractivity contribution in [2.75, 3.05) is 13.1 Å². The number of nitrogens with zero attached hydrogens (tertiary/aromatic N) is 3. The summed E-state index contributed by atoms with van der Waals surface area (Å²) in [5, 5.41) is 4.31. The van der Waals surface area contributed by atoms with E-state index in [2.05, 4.69) is 31.0 Å². The van der Waals surface area contributed by atoms with Crippen LogP contribution in [0, 0.1) is 0 Å². The van der Waals surface area contributed by atoms with Crippen LogP contribution in [0.5, 0.6) is 0 Å². The second-order valence-electron chi connectivity index (χ2n) is 7.26. The summed E-state index contributed by atoms with van der Waals surface area (Å²) < 4.78 is 1.88. The quantitative estimate of drug-likeness (QED) is 0.908. The van der Waals surface area contributed by atoms with Gasteiger partial charge in [0.1, 0.15) is 5.82 Å². The van der Waals surface area contributed by atoms with Gasteiger partial charge in [-0.3, -0.25) is 14.3 Å². The lowest BCUT2D eigenvalue weighted by molar-refractivity contribution is 0.109. The van der Waals surface area contributed by atoms with Crippen molar-refractivity contribution in [2.24, 2.45) is 0 Å². The molecule has 5 nitrogen and oxygen atoms in total. The maximum Gasteiger partial charge on any atom is 0.261 e. The van der Waals surface area contributed by atoms with Gasteiger partial charge >= 0.3 is 0 Å². The van der Waals surface area contributed by atoms with E-state index in [1.54, 1.807) is 0 Å². The maximum absolute atomic E-state index is 13.0. The van der Waals surface area contributed by atoms with E-state index < -0.39 is 0 Å². The van der Waals surface area contributed by atoms with Crippen molar-refractivity contribution < 1.29 is 0 Å². The van der Waals surface area contributed by atoms with Gasteiger partial charge in [0.05, 0.1) is 16.9 Å². The fourth-order valence-electron chi connectivity index (χ4n) is 4.12. The van der Waals surface area contributed by atoms with Crippen molar-refractivity contribution in [3.63, 3.8) is 0 Å². The van der Waals surface area contributed by atoms with E-state index in [1.165, 1.54) is 0 Å². The van der Waals surface area contributed by atoms with Crippen LogP contribution in [0.4, 0.5) is 0 Å². The van der Waals surface area contributed by atoms with Crippen LogP contribution in [-0.2, 0) is 6.54 Å². The lowest BCUT2D eigenvalue weighted by atomic mass is 10.0. The molecule has 1 aromatic heterocycles. The topological polar surface area (TPSA) is 50.2 Å². The Morgan fingerprint density at radius 2 is 1.88 bits per heavy atom. The van der Waals surface area contributed by atoms with Gasteiger partial charge in [-0.05, 0) is 39.3 Å². The molecule has 2 heterocycles. The summed E-state index contributed by atoms with van der Waals surface area (Å²) >= 11 is 0. The Morgan fingerprint density at radius 3 is 2.52 bits per heavy atom. The molecule has 3 unspecified atom stereocenters. The number of para-hydroxylation sites is 1. The smallest absolute Gasteiger partial charge is 0.261 e. The minimum absolute atomic E-state index is 0.0837. The molecule has 0 aliphatic carbocycles. The van der Waals surface area contributed by atoms with E-state index in [9.17, 15) is 4.79 Å². The number of nitrogens with one attached hydrogen (secondary N) is 1. The SMILES string of the molecule is CCCC(c1nc2ccccc2c(=O)n1CC)N1CC(C)NC(C)C1. The molecule has 0 bridgehead atoms. The number of fused-ring (bicyclic) bond motifs is 1. The van der Waals surface area contributed by atoms with Crippen LogP contribution < -0.4 is 10.9 Å². The highest BCUT2D eigenvalue weighted by atomic mass is 16.1. The zero-order valence-electron chi connectivity index (χ0n) is 15.8. The van der Waals surface area contributed by atoms with Crippen molar-refractivity contribution in [1.82, 2.24) is 19.8 Å². The van der Waals surface area contributed by atoms with E-state index >= 15 is 0 Å². The van der Waals surface area contributed by atoms with E-state index in [0.717, 1.165) is 37.3 Å². The molecule has 3 atom stereocenters. The predicted octanol–water partition coefficient (Wildman–Crippen LogP) is 2.94. The highest BCUT2D eigenvalue weighted by Gasteiger charge is 2.30. The molecule has 1 fully saturated rings. The third-order valence-corrected chi connectivity index (χ3v) is 5.09. The predicted molar refractivity (Wildman–Crippen MR) is 103 cm³/mol. The number of aromatic nitrogens is 2. The Labute approximate surface area is 150 Å². The molecule has 0 spiro atoms. The molecule has 1 aromatic carbocycles. The van der Waals surface area contributed by atoms with Crippen LogP contribution in [0.1, 0.15) is 52.4 Å². The van der Waals surface area contributed by atoms with Crippen LogP contribution in [0.3, 0.4) is 0 Å². The van der Waals surface area contributed by atoms with E-state index in [1.807, 2.05) is 35.8 Å². The summed E-state index contributed by atoms with van der Waals surface area (Å²) in [5.41, 5.74) is 0.893. The zero-order chi connectivity index (χ0) is 18.0. The summed E-state index contributed by atoms with van der Waals surface area (Å²) in [6, 6.07) is 8.79. The molecule has 2 aromatic rings. The molecule has 3 rings (SSSR count). The van der Waals surface area contributed by atoms with Crippen LogP contribution in [0.2, 0.25) is 0 Å². The fraction of sp³-hybridized carbons (Fsp3) is 0.600. The minimum atomic E-state index is 0.0837. The lowest BCUT2D eigenvalue weighted by Gasteiger charge is -2.41. The molecule has 1 aliphatic heterocycles. The largest absolute Gasteiger partial charge is 0.309 e. The third kappa shape index (κ3) is 3.62. The van der Waals surface area contributed by atoms with Gasteiger partial charge in [-0.1, -0.05) is 25.5 Å². The van der Waals surface area contributed by atoms with Crippen LogP contribution in [-0.4, -0.2) is 39.6 Å². The second kappa shape index (κ2) is 7.67. The Kier molecular flexibility index (Phi) is 5.54. The summed E-state index contributed by atoms with van der Waals surface area (Å²) in [6.45, 7) is 11.3. The first-order valence-corrected chi connectivity index (χ1v) is 9.54. The molecule has 0 saturated carbocycles. The van der Waals surface area contributed by atoms with Gasteiger partial charge in [-0.15, -0.1) is 0 Å². The summed E-state index contributed by atoms with van der Waals surface area (Å²) in [6.07, 6.45) is 2.09. The average molecular weight is 342 g/mol. The van der Waals surface area contributed by atoms with Gasteiger partial charge in [0.2, 0.25) is 0 Å². The van der Waals surface area contributed by atoms with Gasteiger partial charge in [0.25, 0.3) is 5.56 Å². The van der Waals surface area contributed by atoms with Crippen molar-refractivity contribution >= 4 is 10.9 Å². The molecule has 25 heavy (non-hydrogen) atoms. The first-order chi connectivity index (χ1) is 12.0. The van der Waals surface area contributed by atoms with Crippen molar-refractivity contribution in [3.05, 3.63) is 40.4 Å². The fourth-order valence-corrected chi connectivity index (χ4v) is 4.12. The number of rotatable bonds is 5. The number of benzene rings is 1. The minimum Gasteiger partial charge on any atom is -0.309 e. The van der Waals surface area contributed by atoms with Gasteiger partial charge in [0, 0.05) is 31.7 Å². The van der Waals surface area contributed by atoms with Crippen LogP contribution >= 0.6 is 0 Å². The molecule has 1 aliphatic rings. The van der Waals surface area contributed by atoms with Crippen LogP contribution in [0.15, 0.2) is 29.1 Å². The second-order valence-corrected chi connectivity index (χ2v) is 7.26. The number of piperazine rings is 1. The summed E-state index contributed by atoms with van der Waals surface area (Å²) in [7, 11) is 0. The van der Waals surface area contributed by atoms with Gasteiger partial charge in [-0.25, -0.2) is 4.98 Å². The third-order valence-electron chi connectivity index (χ3n) is 5.09. The molecule has 1 N–H and O–H groups in total. The monoisotopic (exact) mass is 342 g/mol. The molecular weight excluding hydrogens is 312 g/mol. The molecule has 5 heteroatoms. The van der Waals surface area contributed by atoms with Crippen molar-refractivity contribution in [3.8, 4) is 0 Å². The Hall–Kier alpha value is -1.72. The number of hydrogen-bond donors (Lipinski definition) is 1. The zero-order valence-corrected chi connectivity index (χ0v) is 15.8. The van der Waals surface area contributed by atoms with E-state index in [4.69, 9.17) is 4.98 Å². The molecule has 0 radical (unpaired) electrons. The first kappa shape index (κ1) is 18.1. The summed E-state index contributed by atoms with van der Waals surface area (Å²) in [4.78, 5) is 20.5. The first-order valence-electron chi connectivity index (χ1n) is 9.54. The lowest BCUT2D eigenvalue weighted by Crippen LogP contribution is -2.55. The molecule has 0 amide bonds. The summed E-state index contributed by atoms with van der Waals surface area (Å²) in [5.74, 6) is 0.925. The highest BCUT2D eigenvalue weighted by Crippen LogP contribution is 2.27. The Morgan fingerprint density at radius 1 is 1.20 bits per heavy atom. The normalized spacial score (nSPS) is 23.0. The standard InChI is InChI=1S/C20H30N4O/c1-5-9-18(23-12-14(3)21-15(4)13-23)19-22-17-11-8-7-10-16(17)20(25)24(19)6-2/h7-8,10-11,14-15,18,21H,5-6,9,12-13H2,1-4H3. The Bertz CT molecular complexity index is 775. The van der Waals surface area contributed by atoms with Crippen molar-refractivity contribution in [1.29, 1.82) is 0 Å². The van der Waals surface area contributed by atoms with Crippen molar-refractivity contribution in [2.45, 2.75) is 65.2 Å². The van der Waals surface area contributed by atoms with E-state index in [-0.39, 0.29) is 11.6 Å². The average Bonchev–Trinajstić information content (AvgIpc) is 2.59. The Balaban J connectivity index is 2.11. The highest BCUT2D eigenvalue weighted by molar-refractivity contribution is 5.77. The molecule has 1 saturated heterocycles. The van der Waals surface area contributed by atoms with Crippen LogP contribution in [0.25, 0.3) is 10.9 Å². The maximum atomic E-state index is 13.0. The number of hydrogen-bond acceptors (Lipinski definition) is 4. The van der Waals surface area contributed by atoms with Gasteiger partial charge in [0.15, 0.2) is 0 Å².